The minimum atomic E-state index is -3.51. The highest BCUT2D eigenvalue weighted by molar-refractivity contribution is 7.93. The standard InChI is InChI=1S/C15H17NO3S2/c1-2-14(17)16-11-13(12-7-4-3-5-8-12)21(18,19)15-9-6-10-20-15/h3-10,13H,2,11H2,1H3,(H,16,17)/t13-/m1/s1. The van der Waals surface area contributed by atoms with Crippen LogP contribution >= 0.6 is 11.3 Å². The van der Waals surface area contributed by atoms with E-state index in [1.807, 2.05) is 6.07 Å². The molecule has 2 aromatic rings. The van der Waals surface area contributed by atoms with E-state index in [0.29, 0.717) is 16.2 Å². The van der Waals surface area contributed by atoms with Gasteiger partial charge < -0.3 is 5.32 Å². The van der Waals surface area contributed by atoms with Crippen molar-refractivity contribution in [2.24, 2.45) is 0 Å². The molecule has 0 unspecified atom stereocenters. The average molecular weight is 323 g/mol. The number of carbonyl (C=O) groups is 1. The lowest BCUT2D eigenvalue weighted by Crippen LogP contribution is -2.31. The van der Waals surface area contributed by atoms with Crippen molar-refractivity contribution in [3.8, 4) is 0 Å². The molecular formula is C15H17NO3S2. The second-order valence-corrected chi connectivity index (χ2v) is 7.84. The second-order valence-electron chi connectivity index (χ2n) is 4.53. The van der Waals surface area contributed by atoms with Crippen molar-refractivity contribution in [3.63, 3.8) is 0 Å². The maximum Gasteiger partial charge on any atom is 0.219 e. The molecule has 6 heteroatoms. The van der Waals surface area contributed by atoms with Gasteiger partial charge in [0.1, 0.15) is 9.46 Å². The number of benzene rings is 1. The molecule has 1 N–H and O–H groups in total. The van der Waals surface area contributed by atoms with Gasteiger partial charge in [0.05, 0.1) is 0 Å². The first kappa shape index (κ1) is 15.7. The van der Waals surface area contributed by atoms with E-state index in [9.17, 15) is 13.2 Å². The maximum atomic E-state index is 12.8. The smallest absolute Gasteiger partial charge is 0.219 e. The summed E-state index contributed by atoms with van der Waals surface area (Å²) >= 11 is 1.19. The molecule has 0 fully saturated rings. The molecule has 0 radical (unpaired) electrons. The van der Waals surface area contributed by atoms with E-state index < -0.39 is 15.1 Å². The molecule has 0 aliphatic carbocycles. The summed E-state index contributed by atoms with van der Waals surface area (Å²) < 4.78 is 25.8. The molecule has 0 bridgehead atoms. The fourth-order valence-corrected chi connectivity index (χ4v) is 4.84. The number of hydrogen-bond donors (Lipinski definition) is 1. The zero-order chi connectivity index (χ0) is 15.3. The Balaban J connectivity index is 2.34. The molecule has 0 spiro atoms. The van der Waals surface area contributed by atoms with Crippen molar-refractivity contribution in [2.75, 3.05) is 6.54 Å². The van der Waals surface area contributed by atoms with Crippen molar-refractivity contribution < 1.29 is 13.2 Å². The lowest BCUT2D eigenvalue weighted by molar-refractivity contribution is -0.120. The van der Waals surface area contributed by atoms with Gasteiger partial charge in [0.25, 0.3) is 0 Å². The van der Waals surface area contributed by atoms with Crippen molar-refractivity contribution in [3.05, 3.63) is 53.4 Å². The molecule has 112 valence electrons. The third-order valence-corrected chi connectivity index (χ3v) is 6.66. The Hall–Kier alpha value is -1.66. The highest BCUT2D eigenvalue weighted by Crippen LogP contribution is 2.30. The van der Waals surface area contributed by atoms with E-state index in [0.717, 1.165) is 0 Å². The van der Waals surface area contributed by atoms with Crippen molar-refractivity contribution >= 4 is 27.1 Å². The number of sulfone groups is 1. The van der Waals surface area contributed by atoms with Gasteiger partial charge >= 0.3 is 0 Å². The van der Waals surface area contributed by atoms with Crippen LogP contribution in [-0.2, 0) is 14.6 Å². The zero-order valence-corrected chi connectivity index (χ0v) is 13.3. The highest BCUT2D eigenvalue weighted by Gasteiger charge is 2.30. The fraction of sp³-hybridized carbons (Fsp3) is 0.267. The highest BCUT2D eigenvalue weighted by atomic mass is 32.2. The number of amides is 1. The summed E-state index contributed by atoms with van der Waals surface area (Å²) in [5.41, 5.74) is 0.683. The van der Waals surface area contributed by atoms with Gasteiger partial charge in [-0.1, -0.05) is 43.3 Å². The van der Waals surface area contributed by atoms with Gasteiger partial charge in [-0.25, -0.2) is 8.42 Å². The Morgan fingerprint density at radius 3 is 2.48 bits per heavy atom. The van der Waals surface area contributed by atoms with Crippen LogP contribution in [0.15, 0.2) is 52.1 Å². The van der Waals surface area contributed by atoms with Crippen LogP contribution in [0.1, 0.15) is 24.2 Å². The number of nitrogens with one attached hydrogen (secondary N) is 1. The van der Waals surface area contributed by atoms with E-state index in [1.165, 1.54) is 11.3 Å². The predicted octanol–water partition coefficient (Wildman–Crippen LogP) is 2.79. The molecule has 1 aromatic carbocycles. The van der Waals surface area contributed by atoms with E-state index in [-0.39, 0.29) is 12.5 Å². The van der Waals surface area contributed by atoms with Crippen LogP contribution in [0.2, 0.25) is 0 Å². The van der Waals surface area contributed by atoms with Gasteiger partial charge in [-0.15, -0.1) is 11.3 Å². The Kier molecular flexibility index (Phi) is 5.14. The Morgan fingerprint density at radius 1 is 1.19 bits per heavy atom. The van der Waals surface area contributed by atoms with E-state index in [2.05, 4.69) is 5.32 Å². The van der Waals surface area contributed by atoms with Crippen molar-refractivity contribution in [1.82, 2.24) is 5.32 Å². The summed E-state index contributed by atoms with van der Waals surface area (Å²) in [4.78, 5) is 11.5. The molecule has 0 saturated heterocycles. The molecule has 1 heterocycles. The molecule has 2 rings (SSSR count). The number of thiophene rings is 1. The molecule has 21 heavy (non-hydrogen) atoms. The maximum absolute atomic E-state index is 12.8. The van der Waals surface area contributed by atoms with Gasteiger partial charge in [-0.05, 0) is 17.0 Å². The van der Waals surface area contributed by atoms with Crippen LogP contribution in [0.4, 0.5) is 0 Å². The lowest BCUT2D eigenvalue weighted by atomic mass is 10.1. The summed E-state index contributed by atoms with van der Waals surface area (Å²) in [5.74, 6) is -0.155. The fourth-order valence-electron chi connectivity index (χ4n) is 1.97. The average Bonchev–Trinajstić information content (AvgIpc) is 3.03. The van der Waals surface area contributed by atoms with Crippen LogP contribution in [0.25, 0.3) is 0 Å². The topological polar surface area (TPSA) is 63.2 Å². The first-order valence-corrected chi connectivity index (χ1v) is 9.07. The molecule has 1 aromatic heterocycles. The monoisotopic (exact) mass is 323 g/mol. The van der Waals surface area contributed by atoms with E-state index in [1.54, 1.807) is 48.7 Å². The third kappa shape index (κ3) is 3.71. The summed E-state index contributed by atoms with van der Waals surface area (Å²) in [6.07, 6.45) is 0.334. The predicted molar refractivity (Wildman–Crippen MR) is 84.0 cm³/mol. The molecule has 0 aliphatic rings. The van der Waals surface area contributed by atoms with E-state index in [4.69, 9.17) is 0 Å². The largest absolute Gasteiger partial charge is 0.354 e. The van der Waals surface area contributed by atoms with Crippen molar-refractivity contribution in [1.29, 1.82) is 0 Å². The normalized spacial score (nSPS) is 12.8. The van der Waals surface area contributed by atoms with Gasteiger partial charge in [0, 0.05) is 13.0 Å². The third-order valence-electron chi connectivity index (χ3n) is 3.13. The van der Waals surface area contributed by atoms with Gasteiger partial charge in [0.15, 0.2) is 9.84 Å². The van der Waals surface area contributed by atoms with Gasteiger partial charge in [-0.2, -0.15) is 0 Å². The summed E-state index contributed by atoms with van der Waals surface area (Å²) in [6, 6.07) is 12.3. The SMILES string of the molecule is CCC(=O)NC[C@H](c1ccccc1)S(=O)(=O)c1cccs1. The minimum Gasteiger partial charge on any atom is -0.354 e. The summed E-state index contributed by atoms with van der Waals surface area (Å²) in [5, 5.41) is 3.65. The first-order valence-electron chi connectivity index (χ1n) is 6.64. The van der Waals surface area contributed by atoms with Gasteiger partial charge in [-0.3, -0.25) is 4.79 Å². The quantitative estimate of drug-likeness (QED) is 0.889. The summed E-state index contributed by atoms with van der Waals surface area (Å²) in [6.45, 7) is 1.82. The molecule has 0 saturated carbocycles. The summed E-state index contributed by atoms with van der Waals surface area (Å²) in [7, 11) is -3.51. The van der Waals surface area contributed by atoms with Gasteiger partial charge in [0.2, 0.25) is 5.91 Å². The number of carbonyl (C=O) groups excluding carboxylic acids is 1. The number of hydrogen-bond acceptors (Lipinski definition) is 4. The molecular weight excluding hydrogens is 306 g/mol. The number of rotatable bonds is 6. The molecule has 1 amide bonds. The van der Waals surface area contributed by atoms with Crippen LogP contribution in [0, 0.1) is 0 Å². The lowest BCUT2D eigenvalue weighted by Gasteiger charge is -2.18. The van der Waals surface area contributed by atoms with Crippen LogP contribution < -0.4 is 5.32 Å². The first-order chi connectivity index (χ1) is 10.1. The second kappa shape index (κ2) is 6.87. The van der Waals surface area contributed by atoms with Crippen LogP contribution in [-0.4, -0.2) is 20.9 Å². The Labute approximate surface area is 128 Å². The van der Waals surface area contributed by atoms with Crippen LogP contribution in [0.5, 0.6) is 0 Å². The molecule has 4 nitrogen and oxygen atoms in total. The van der Waals surface area contributed by atoms with Crippen molar-refractivity contribution in [2.45, 2.75) is 22.8 Å². The molecule has 0 aliphatic heterocycles. The Morgan fingerprint density at radius 2 is 1.90 bits per heavy atom. The minimum absolute atomic E-state index is 0.0803. The van der Waals surface area contributed by atoms with E-state index >= 15 is 0 Å². The van der Waals surface area contributed by atoms with Crippen LogP contribution in [0.3, 0.4) is 0 Å². The zero-order valence-electron chi connectivity index (χ0n) is 11.7. The Bertz CT molecular complexity index is 679. The molecule has 1 atom stereocenters.